The SMILES string of the molecule is CC(C)(C)c1ccc(-c2[c-]cccc2)nc1.CC(C)c1cc(-c2ccc(-c3ccccc3)cc2)cc(C(C)C)c1C1C(c2[c-]ccc3c2oc2cc4c(cc23)C(C)(C)CCC4(C)C)=Nc2ccccc21.[Ir]. The number of hydrogen-bond donors (Lipinski definition) is 0. The molecule has 0 N–H and O–H groups in total. The van der Waals surface area contributed by atoms with Crippen LogP contribution in [0.25, 0.3) is 55.4 Å². The van der Waals surface area contributed by atoms with E-state index in [1.54, 1.807) is 0 Å². The van der Waals surface area contributed by atoms with E-state index in [1.807, 2.05) is 30.5 Å². The van der Waals surface area contributed by atoms with Gasteiger partial charge in [-0.15, -0.1) is 54.1 Å². The number of nitrogens with zero attached hydrogens (tertiary/aromatic N) is 2. The summed E-state index contributed by atoms with van der Waals surface area (Å²) >= 11 is 0. The maximum absolute atomic E-state index is 6.97. The van der Waals surface area contributed by atoms with E-state index in [9.17, 15) is 0 Å². The molecule has 0 saturated carbocycles. The predicted molar refractivity (Wildman–Crippen MR) is 295 cm³/mol. The summed E-state index contributed by atoms with van der Waals surface area (Å²) < 4.78 is 6.97. The number of pyridine rings is 1. The average molecular weight is 1110 g/mol. The number of aliphatic imine (C=N–C) groups is 1. The first-order chi connectivity index (χ1) is 33.5. The fourth-order valence-electron chi connectivity index (χ4n) is 10.8. The molecule has 1 atom stereocenters. The summed E-state index contributed by atoms with van der Waals surface area (Å²) in [6, 6.07) is 61.3. The molecule has 4 heteroatoms. The number of furan rings is 1. The van der Waals surface area contributed by atoms with Gasteiger partial charge in [-0.1, -0.05) is 184 Å². The molecule has 2 aliphatic rings. The van der Waals surface area contributed by atoms with Gasteiger partial charge in [-0.05, 0) is 132 Å². The van der Waals surface area contributed by atoms with E-state index in [-0.39, 0.29) is 42.3 Å². The molecule has 0 fully saturated rings. The molecule has 0 spiro atoms. The van der Waals surface area contributed by atoms with Gasteiger partial charge in [0.2, 0.25) is 0 Å². The molecule has 361 valence electrons. The van der Waals surface area contributed by atoms with E-state index in [0.717, 1.165) is 44.8 Å². The number of fused-ring (bicyclic) bond motifs is 5. The third-order valence-corrected chi connectivity index (χ3v) is 15.1. The Hall–Kier alpha value is -6.19. The van der Waals surface area contributed by atoms with E-state index < -0.39 is 0 Å². The molecule has 9 aromatic rings. The molecule has 1 aliphatic carbocycles. The Balaban J connectivity index is 0.000000313. The van der Waals surface area contributed by atoms with Crippen LogP contribution in [-0.2, 0) is 36.4 Å². The Morgan fingerprint density at radius 2 is 1.21 bits per heavy atom. The fourth-order valence-corrected chi connectivity index (χ4v) is 10.8. The summed E-state index contributed by atoms with van der Waals surface area (Å²) in [5.41, 5.74) is 21.7. The molecule has 1 unspecified atom stereocenters. The summed E-state index contributed by atoms with van der Waals surface area (Å²) in [4.78, 5) is 9.95. The minimum atomic E-state index is -0.0494. The van der Waals surface area contributed by atoms with Crippen molar-refractivity contribution in [3.8, 4) is 33.5 Å². The molecule has 7 aromatic carbocycles. The second-order valence-electron chi connectivity index (χ2n) is 22.6. The molecule has 3 nitrogen and oxygen atoms in total. The van der Waals surface area contributed by atoms with E-state index in [1.165, 1.54) is 79.4 Å². The van der Waals surface area contributed by atoms with E-state index in [2.05, 4.69) is 221 Å². The van der Waals surface area contributed by atoms with Crippen LogP contribution in [0.5, 0.6) is 0 Å². The molecule has 0 amide bonds. The maximum atomic E-state index is 6.97. The topological polar surface area (TPSA) is 38.4 Å². The summed E-state index contributed by atoms with van der Waals surface area (Å²) in [5, 5.41) is 2.33. The normalized spacial score (nSPS) is 15.7. The summed E-state index contributed by atoms with van der Waals surface area (Å²) in [5.74, 6) is 0.560. The van der Waals surface area contributed by atoms with Crippen LogP contribution in [-0.4, -0.2) is 10.7 Å². The molecule has 1 radical (unpaired) electrons. The quantitative estimate of drug-likeness (QED) is 0.149. The molecule has 3 heterocycles. The van der Waals surface area contributed by atoms with Crippen LogP contribution in [0.3, 0.4) is 0 Å². The Labute approximate surface area is 436 Å². The van der Waals surface area contributed by atoms with Gasteiger partial charge in [0.25, 0.3) is 0 Å². The first-order valence-electron chi connectivity index (χ1n) is 25.4. The van der Waals surface area contributed by atoms with Crippen molar-refractivity contribution in [3.05, 3.63) is 214 Å². The van der Waals surface area contributed by atoms with Crippen LogP contribution in [0.15, 0.2) is 167 Å². The fraction of sp³-hybridized carbons (Fsp3) is 0.284. The molecular formula is C67H66IrN2O-2. The second kappa shape index (κ2) is 19.4. The van der Waals surface area contributed by atoms with E-state index in [0.29, 0.717) is 11.8 Å². The van der Waals surface area contributed by atoms with Crippen molar-refractivity contribution in [2.45, 2.75) is 123 Å². The Bertz CT molecular complexity index is 3360. The van der Waals surface area contributed by atoms with Crippen molar-refractivity contribution in [3.63, 3.8) is 0 Å². The number of para-hydroxylation sites is 1. The first-order valence-corrected chi connectivity index (χ1v) is 25.4. The third kappa shape index (κ3) is 9.55. The molecule has 0 saturated heterocycles. The van der Waals surface area contributed by atoms with Gasteiger partial charge < -0.3 is 9.40 Å². The molecule has 2 aromatic heterocycles. The summed E-state index contributed by atoms with van der Waals surface area (Å²) in [6.45, 7) is 25.5. The van der Waals surface area contributed by atoms with Gasteiger partial charge in [0.1, 0.15) is 5.58 Å². The largest absolute Gasteiger partial charge is 0.501 e. The Morgan fingerprint density at radius 1 is 0.606 bits per heavy atom. The van der Waals surface area contributed by atoms with Gasteiger partial charge in [-0.3, -0.25) is 4.99 Å². The Kier molecular flexibility index (Phi) is 13.6. The van der Waals surface area contributed by atoms with Crippen molar-refractivity contribution >= 4 is 33.3 Å². The predicted octanol–water partition coefficient (Wildman–Crippen LogP) is 18.4. The zero-order valence-electron chi connectivity index (χ0n) is 43.3. The summed E-state index contributed by atoms with van der Waals surface area (Å²) in [7, 11) is 0. The van der Waals surface area contributed by atoms with E-state index in [4.69, 9.17) is 9.41 Å². The minimum absolute atomic E-state index is 0. The standard InChI is InChI=1S/C52H50NO.C15H16N.Ir/c1-31(2)40-27-36(35-23-21-34(22-24-35)33-15-10-9-11-16-33)28-41(32(3)4)47(40)48-38-17-12-13-20-45(38)53-49(48)39-19-14-18-37-42-29-43-44(30-46(42)54-50(37)39)52(7,8)26-25-51(43,5)6;1-15(2,3)13-9-10-14(16-11-13)12-7-5-4-6-8-12;/h9-18,20-24,27-32,48H,25-26H2,1-8H3;4-7,9-11H,1-3H3;/q2*-1;. The Morgan fingerprint density at radius 3 is 1.82 bits per heavy atom. The van der Waals surface area contributed by atoms with Gasteiger partial charge in [0.05, 0.1) is 11.3 Å². The van der Waals surface area contributed by atoms with Crippen molar-refractivity contribution in [1.82, 2.24) is 4.98 Å². The average Bonchev–Trinajstić information content (AvgIpc) is 3.94. The first kappa shape index (κ1) is 49.8. The molecule has 1 aliphatic heterocycles. The molecule has 11 rings (SSSR count). The number of benzene rings is 7. The van der Waals surface area contributed by atoms with Crippen LogP contribution in [0.4, 0.5) is 5.69 Å². The van der Waals surface area contributed by atoms with Gasteiger partial charge in [0, 0.05) is 37.6 Å². The van der Waals surface area contributed by atoms with Crippen molar-refractivity contribution < 1.29 is 24.5 Å². The monoisotopic (exact) mass is 1110 g/mol. The van der Waals surface area contributed by atoms with E-state index >= 15 is 0 Å². The van der Waals surface area contributed by atoms with Gasteiger partial charge in [-0.25, -0.2) is 0 Å². The minimum Gasteiger partial charge on any atom is -0.501 e. The van der Waals surface area contributed by atoms with Crippen LogP contribution < -0.4 is 0 Å². The molecular weight excluding hydrogens is 1040 g/mol. The smallest absolute Gasteiger partial charge is 0.121 e. The van der Waals surface area contributed by atoms with Crippen LogP contribution >= 0.6 is 0 Å². The van der Waals surface area contributed by atoms with Crippen LogP contribution in [0, 0.1) is 12.1 Å². The van der Waals surface area contributed by atoms with Crippen LogP contribution in [0.1, 0.15) is 151 Å². The zero-order chi connectivity index (χ0) is 49.1. The zero-order valence-corrected chi connectivity index (χ0v) is 45.7. The van der Waals surface area contributed by atoms with Gasteiger partial charge in [-0.2, -0.15) is 0 Å². The number of rotatable bonds is 7. The number of aromatic nitrogens is 1. The summed E-state index contributed by atoms with van der Waals surface area (Å²) in [6.07, 6.45) is 4.30. The van der Waals surface area contributed by atoms with Crippen molar-refractivity contribution in [2.75, 3.05) is 0 Å². The number of hydrogen-bond acceptors (Lipinski definition) is 3. The van der Waals surface area contributed by atoms with Gasteiger partial charge >= 0.3 is 0 Å². The molecule has 0 bridgehead atoms. The molecule has 71 heavy (non-hydrogen) atoms. The second-order valence-corrected chi connectivity index (χ2v) is 22.6. The maximum Gasteiger partial charge on any atom is 0.121 e. The van der Waals surface area contributed by atoms with Gasteiger partial charge in [0.15, 0.2) is 0 Å². The third-order valence-electron chi connectivity index (χ3n) is 15.1. The van der Waals surface area contributed by atoms with Crippen LogP contribution in [0.2, 0.25) is 0 Å². The van der Waals surface area contributed by atoms with Crippen molar-refractivity contribution in [1.29, 1.82) is 0 Å². The van der Waals surface area contributed by atoms with Crippen molar-refractivity contribution in [2.24, 2.45) is 4.99 Å².